The quantitative estimate of drug-likeness (QED) is 0.807. The van der Waals surface area contributed by atoms with E-state index in [1.165, 1.54) is 19.4 Å². The zero-order chi connectivity index (χ0) is 13.3. The fourth-order valence-corrected chi connectivity index (χ4v) is 2.23. The van der Waals surface area contributed by atoms with Crippen molar-refractivity contribution in [2.75, 3.05) is 40.0 Å². The molecule has 1 heterocycles. The van der Waals surface area contributed by atoms with Gasteiger partial charge in [-0.25, -0.2) is 0 Å². The Balaban J connectivity index is 0.000000581. The third-order valence-electron chi connectivity index (χ3n) is 3.26. The predicted octanol–water partition coefficient (Wildman–Crippen LogP) is 2.39. The number of likely N-dealkylation sites (tertiary alicyclic amines) is 1. The van der Waals surface area contributed by atoms with Gasteiger partial charge in [0.15, 0.2) is 0 Å². The first-order chi connectivity index (χ1) is 8.28. The van der Waals surface area contributed by atoms with Crippen molar-refractivity contribution < 1.29 is 9.84 Å². The van der Waals surface area contributed by atoms with Crippen molar-refractivity contribution >= 4 is 0 Å². The standard InChI is InChI=1S/C10H19NO2.2C2H6/c1-13-8-10(2-3-10)7-11-4-9(5-11)6-12;2*1-2/h9,12H,2-8H2,1H3;2*1-2H3. The number of methoxy groups -OCH3 is 1. The fourth-order valence-electron chi connectivity index (χ4n) is 2.23. The van der Waals surface area contributed by atoms with Gasteiger partial charge in [-0.3, -0.25) is 0 Å². The number of hydrogen-bond acceptors (Lipinski definition) is 3. The molecule has 0 radical (unpaired) electrons. The minimum atomic E-state index is 0.355. The lowest BCUT2D eigenvalue weighted by Crippen LogP contribution is -2.50. The maximum absolute atomic E-state index is 8.87. The number of ether oxygens (including phenoxy) is 1. The van der Waals surface area contributed by atoms with E-state index in [-0.39, 0.29) is 0 Å². The molecule has 0 aromatic rings. The Bertz CT molecular complexity index is 175. The van der Waals surface area contributed by atoms with Gasteiger partial charge < -0.3 is 14.7 Å². The monoisotopic (exact) mass is 245 g/mol. The van der Waals surface area contributed by atoms with Gasteiger partial charge in [-0.05, 0) is 12.8 Å². The van der Waals surface area contributed by atoms with Crippen LogP contribution in [0, 0.1) is 11.3 Å². The summed E-state index contributed by atoms with van der Waals surface area (Å²) in [5, 5.41) is 8.87. The molecule has 0 atom stereocenters. The van der Waals surface area contributed by atoms with Gasteiger partial charge in [0.05, 0.1) is 6.61 Å². The molecule has 0 amide bonds. The Labute approximate surface area is 107 Å². The van der Waals surface area contributed by atoms with Crippen LogP contribution in [-0.2, 0) is 4.74 Å². The van der Waals surface area contributed by atoms with Gasteiger partial charge in [-0.15, -0.1) is 0 Å². The van der Waals surface area contributed by atoms with Gasteiger partial charge in [0.2, 0.25) is 0 Å². The molecule has 0 aromatic heterocycles. The first kappa shape index (κ1) is 16.9. The molecule has 0 spiro atoms. The molecular formula is C14H31NO2. The second-order valence-corrected chi connectivity index (χ2v) is 4.68. The van der Waals surface area contributed by atoms with Crippen LogP contribution in [0.25, 0.3) is 0 Å². The summed E-state index contributed by atoms with van der Waals surface area (Å²) in [6, 6.07) is 0. The highest BCUT2D eigenvalue weighted by molar-refractivity contribution is 4.97. The summed E-state index contributed by atoms with van der Waals surface area (Å²) < 4.78 is 5.22. The highest BCUT2D eigenvalue weighted by Crippen LogP contribution is 2.47. The second-order valence-electron chi connectivity index (χ2n) is 4.68. The smallest absolute Gasteiger partial charge is 0.0530 e. The number of rotatable bonds is 5. The summed E-state index contributed by atoms with van der Waals surface area (Å²) >= 11 is 0. The summed E-state index contributed by atoms with van der Waals surface area (Å²) in [6.45, 7) is 12.6. The fraction of sp³-hybridized carbons (Fsp3) is 1.00. The van der Waals surface area contributed by atoms with Crippen LogP contribution in [-0.4, -0.2) is 50.0 Å². The van der Waals surface area contributed by atoms with Gasteiger partial charge in [0, 0.05) is 44.7 Å². The Kier molecular flexibility index (Phi) is 8.83. The van der Waals surface area contributed by atoms with Crippen LogP contribution in [0.4, 0.5) is 0 Å². The van der Waals surface area contributed by atoms with Crippen molar-refractivity contribution in [3.05, 3.63) is 0 Å². The Morgan fingerprint density at radius 2 is 1.71 bits per heavy atom. The molecule has 17 heavy (non-hydrogen) atoms. The van der Waals surface area contributed by atoms with E-state index in [1.807, 2.05) is 27.7 Å². The van der Waals surface area contributed by atoms with Crippen molar-refractivity contribution in [3.8, 4) is 0 Å². The van der Waals surface area contributed by atoms with Gasteiger partial charge >= 0.3 is 0 Å². The number of hydrogen-bond donors (Lipinski definition) is 1. The van der Waals surface area contributed by atoms with Gasteiger partial charge in [-0.1, -0.05) is 27.7 Å². The Morgan fingerprint density at radius 3 is 2.06 bits per heavy atom. The normalized spacial score (nSPS) is 21.5. The average Bonchev–Trinajstić information content (AvgIpc) is 3.09. The van der Waals surface area contributed by atoms with Crippen molar-refractivity contribution in [1.29, 1.82) is 0 Å². The van der Waals surface area contributed by atoms with E-state index in [9.17, 15) is 0 Å². The lowest BCUT2D eigenvalue weighted by Gasteiger charge is -2.40. The molecule has 3 heteroatoms. The maximum atomic E-state index is 8.87. The minimum Gasteiger partial charge on any atom is -0.396 e. The molecule has 1 aliphatic heterocycles. The topological polar surface area (TPSA) is 32.7 Å². The van der Waals surface area contributed by atoms with E-state index >= 15 is 0 Å². The van der Waals surface area contributed by atoms with Crippen molar-refractivity contribution in [2.45, 2.75) is 40.5 Å². The SMILES string of the molecule is CC.CC.COCC1(CN2CC(CO)C2)CC1. The van der Waals surface area contributed by atoms with Crippen LogP contribution in [0.2, 0.25) is 0 Å². The number of aliphatic hydroxyl groups excluding tert-OH is 1. The van der Waals surface area contributed by atoms with E-state index in [0.29, 0.717) is 17.9 Å². The van der Waals surface area contributed by atoms with Crippen LogP contribution in [0.5, 0.6) is 0 Å². The zero-order valence-corrected chi connectivity index (χ0v) is 12.3. The van der Waals surface area contributed by atoms with E-state index in [4.69, 9.17) is 9.84 Å². The molecule has 1 N–H and O–H groups in total. The van der Waals surface area contributed by atoms with Crippen molar-refractivity contribution in [3.63, 3.8) is 0 Å². The van der Waals surface area contributed by atoms with Gasteiger partial charge in [-0.2, -0.15) is 0 Å². The Hall–Kier alpha value is -0.120. The van der Waals surface area contributed by atoms with Crippen molar-refractivity contribution in [2.24, 2.45) is 11.3 Å². The lowest BCUT2D eigenvalue weighted by atomic mass is 9.98. The Morgan fingerprint density at radius 1 is 1.18 bits per heavy atom. The van der Waals surface area contributed by atoms with Crippen LogP contribution in [0.3, 0.4) is 0 Å². The third-order valence-corrected chi connectivity index (χ3v) is 3.26. The molecule has 2 aliphatic rings. The van der Waals surface area contributed by atoms with Gasteiger partial charge in [0.1, 0.15) is 0 Å². The molecule has 1 saturated carbocycles. The zero-order valence-electron chi connectivity index (χ0n) is 12.3. The number of nitrogens with zero attached hydrogens (tertiary/aromatic N) is 1. The van der Waals surface area contributed by atoms with E-state index < -0.39 is 0 Å². The summed E-state index contributed by atoms with van der Waals surface area (Å²) in [5.74, 6) is 0.540. The first-order valence-corrected chi connectivity index (χ1v) is 7.10. The molecule has 2 rings (SSSR count). The first-order valence-electron chi connectivity index (χ1n) is 7.10. The molecule has 104 valence electrons. The molecule has 0 aromatic carbocycles. The highest BCUT2D eigenvalue weighted by Gasteiger charge is 2.45. The molecule has 1 aliphatic carbocycles. The maximum Gasteiger partial charge on any atom is 0.0530 e. The van der Waals surface area contributed by atoms with Crippen molar-refractivity contribution in [1.82, 2.24) is 4.90 Å². The molecule has 3 nitrogen and oxygen atoms in total. The largest absolute Gasteiger partial charge is 0.396 e. The third kappa shape index (κ3) is 5.36. The summed E-state index contributed by atoms with van der Waals surface area (Å²) in [7, 11) is 1.78. The second kappa shape index (κ2) is 8.90. The van der Waals surface area contributed by atoms with Crippen LogP contribution < -0.4 is 0 Å². The predicted molar refractivity (Wildman–Crippen MR) is 73.3 cm³/mol. The summed E-state index contributed by atoms with van der Waals surface area (Å²) in [6.07, 6.45) is 2.64. The highest BCUT2D eigenvalue weighted by atomic mass is 16.5. The van der Waals surface area contributed by atoms with E-state index in [2.05, 4.69) is 4.90 Å². The van der Waals surface area contributed by atoms with Gasteiger partial charge in [0.25, 0.3) is 0 Å². The molecule has 2 fully saturated rings. The number of aliphatic hydroxyl groups is 1. The molecule has 0 unspecified atom stereocenters. The molecule has 1 saturated heterocycles. The van der Waals surface area contributed by atoms with E-state index in [1.54, 1.807) is 7.11 Å². The summed E-state index contributed by atoms with van der Waals surface area (Å²) in [4.78, 5) is 2.44. The average molecular weight is 245 g/mol. The minimum absolute atomic E-state index is 0.355. The molecule has 0 bridgehead atoms. The molecular weight excluding hydrogens is 214 g/mol. The summed E-state index contributed by atoms with van der Waals surface area (Å²) in [5.41, 5.74) is 0.481. The van der Waals surface area contributed by atoms with Crippen LogP contribution in [0.1, 0.15) is 40.5 Å². The van der Waals surface area contributed by atoms with Crippen LogP contribution >= 0.6 is 0 Å². The lowest BCUT2D eigenvalue weighted by molar-refractivity contribution is 0.0214. The van der Waals surface area contributed by atoms with Crippen LogP contribution in [0.15, 0.2) is 0 Å². The van der Waals surface area contributed by atoms with E-state index in [0.717, 1.165) is 19.7 Å².